The van der Waals surface area contributed by atoms with Gasteiger partial charge >= 0.3 is 0 Å². The van der Waals surface area contributed by atoms with Gasteiger partial charge in [0.1, 0.15) is 29.0 Å². The fraction of sp³-hybridized carbons (Fsp3) is 0.391. The molecule has 1 N–H and O–H groups in total. The van der Waals surface area contributed by atoms with Crippen molar-refractivity contribution in [1.29, 1.82) is 0 Å². The molecule has 0 spiro atoms. The van der Waals surface area contributed by atoms with Crippen LogP contribution < -0.4 is 15.0 Å². The van der Waals surface area contributed by atoms with Gasteiger partial charge < -0.3 is 19.9 Å². The summed E-state index contributed by atoms with van der Waals surface area (Å²) in [4.78, 5) is 29.4. The highest BCUT2D eigenvalue weighted by atomic mass is 19.1. The van der Waals surface area contributed by atoms with Crippen molar-refractivity contribution in [3.05, 3.63) is 59.7 Å². The van der Waals surface area contributed by atoms with E-state index in [1.807, 2.05) is 24.3 Å². The number of hydrogen-bond acceptors (Lipinski definition) is 4. The highest BCUT2D eigenvalue weighted by molar-refractivity contribution is 5.98. The molecule has 1 atom stereocenters. The minimum Gasteiger partial charge on any atom is -0.495 e. The van der Waals surface area contributed by atoms with E-state index in [-0.39, 0.29) is 11.8 Å². The molecule has 0 unspecified atom stereocenters. The Kier molecular flexibility index (Phi) is 7.09. The van der Waals surface area contributed by atoms with Gasteiger partial charge in [-0.15, -0.1) is 0 Å². The maximum Gasteiger partial charge on any atom is 0.257 e. The van der Waals surface area contributed by atoms with Gasteiger partial charge in [0, 0.05) is 26.2 Å². The van der Waals surface area contributed by atoms with Crippen LogP contribution in [0.3, 0.4) is 0 Å². The minimum atomic E-state index is -0.960. The summed E-state index contributed by atoms with van der Waals surface area (Å²) < 4.78 is 33.3. The molecule has 1 aliphatic rings. The first-order chi connectivity index (χ1) is 14.8. The van der Waals surface area contributed by atoms with Crippen LogP contribution in [-0.4, -0.2) is 56.0 Å². The second-order valence-corrected chi connectivity index (χ2v) is 7.78. The molecular formula is C23H27F2N3O3. The third-order valence-electron chi connectivity index (χ3n) is 5.43. The predicted octanol–water partition coefficient (Wildman–Crippen LogP) is 3.08. The molecule has 2 aromatic carbocycles. The number of carbonyl (C=O) groups excluding carboxylic acids is 2. The summed E-state index contributed by atoms with van der Waals surface area (Å²) in [5, 5.41) is 2.53. The number of halogens is 2. The van der Waals surface area contributed by atoms with E-state index in [1.54, 1.807) is 25.9 Å². The number of benzene rings is 2. The molecule has 0 radical (unpaired) electrons. The average Bonchev–Trinajstić information content (AvgIpc) is 2.76. The zero-order chi connectivity index (χ0) is 22.5. The number of nitrogens with zero attached hydrogens (tertiary/aromatic N) is 2. The third-order valence-corrected chi connectivity index (χ3v) is 5.43. The highest BCUT2D eigenvalue weighted by Crippen LogP contribution is 2.28. The van der Waals surface area contributed by atoms with E-state index in [0.717, 1.165) is 23.6 Å². The van der Waals surface area contributed by atoms with Crippen molar-refractivity contribution in [3.63, 3.8) is 0 Å². The van der Waals surface area contributed by atoms with Crippen molar-refractivity contribution < 1.29 is 23.1 Å². The van der Waals surface area contributed by atoms with Crippen molar-refractivity contribution in [1.82, 2.24) is 10.2 Å². The topological polar surface area (TPSA) is 61.9 Å². The largest absolute Gasteiger partial charge is 0.495 e. The fourth-order valence-corrected chi connectivity index (χ4v) is 3.70. The quantitative estimate of drug-likeness (QED) is 0.764. The summed E-state index contributed by atoms with van der Waals surface area (Å²) in [6.45, 7) is 5.70. The van der Waals surface area contributed by atoms with Crippen molar-refractivity contribution in [2.24, 2.45) is 5.92 Å². The fourth-order valence-electron chi connectivity index (χ4n) is 3.70. The molecule has 6 nitrogen and oxygen atoms in total. The Bertz CT molecular complexity index is 923. The smallest absolute Gasteiger partial charge is 0.257 e. The second-order valence-electron chi connectivity index (χ2n) is 7.78. The summed E-state index contributed by atoms with van der Waals surface area (Å²) in [5.74, 6) is -2.61. The van der Waals surface area contributed by atoms with Crippen molar-refractivity contribution >= 4 is 17.5 Å². The van der Waals surface area contributed by atoms with Crippen LogP contribution in [0.5, 0.6) is 5.75 Å². The van der Waals surface area contributed by atoms with Crippen molar-refractivity contribution in [2.75, 3.05) is 38.2 Å². The average molecular weight is 431 g/mol. The van der Waals surface area contributed by atoms with Crippen LogP contribution in [0, 0.1) is 17.6 Å². The van der Waals surface area contributed by atoms with Crippen LogP contribution in [0.15, 0.2) is 42.5 Å². The monoisotopic (exact) mass is 431 g/mol. The highest BCUT2D eigenvalue weighted by Gasteiger charge is 2.32. The summed E-state index contributed by atoms with van der Waals surface area (Å²) in [6.07, 6.45) is 0. The van der Waals surface area contributed by atoms with Crippen LogP contribution in [0.4, 0.5) is 14.5 Å². The number of rotatable bonds is 6. The molecule has 0 aromatic heterocycles. The Hall–Kier alpha value is -3.16. The van der Waals surface area contributed by atoms with Crippen LogP contribution in [0.25, 0.3) is 0 Å². The maximum absolute atomic E-state index is 14.0. The normalized spacial score (nSPS) is 15.0. The molecule has 0 bridgehead atoms. The molecule has 2 amide bonds. The number of ether oxygens (including phenoxy) is 1. The molecule has 8 heteroatoms. The molecule has 0 saturated carbocycles. The van der Waals surface area contributed by atoms with E-state index in [1.165, 1.54) is 6.07 Å². The lowest BCUT2D eigenvalue weighted by molar-refractivity contribution is -0.134. The number of methoxy groups -OCH3 is 1. The third kappa shape index (κ3) is 4.95. The Morgan fingerprint density at radius 2 is 1.58 bits per heavy atom. The SMILES string of the molecule is COc1ccccc1N1CCN(C(=O)[C@@H](NC(=O)c2c(F)cccc2F)C(C)C)CC1. The molecular weight excluding hydrogens is 404 g/mol. The molecule has 1 fully saturated rings. The summed E-state index contributed by atoms with van der Waals surface area (Å²) >= 11 is 0. The Balaban J connectivity index is 1.68. The molecule has 31 heavy (non-hydrogen) atoms. The summed E-state index contributed by atoms with van der Waals surface area (Å²) in [6, 6.07) is 10.0. The van der Waals surface area contributed by atoms with E-state index in [4.69, 9.17) is 4.74 Å². The van der Waals surface area contributed by atoms with Gasteiger partial charge in [-0.3, -0.25) is 9.59 Å². The van der Waals surface area contributed by atoms with Crippen LogP contribution in [-0.2, 0) is 4.79 Å². The summed E-state index contributed by atoms with van der Waals surface area (Å²) in [5.41, 5.74) is 0.280. The number of para-hydroxylation sites is 2. The molecule has 1 heterocycles. The van der Waals surface area contributed by atoms with E-state index in [9.17, 15) is 18.4 Å². The molecule has 1 aliphatic heterocycles. The Morgan fingerprint density at radius 1 is 0.968 bits per heavy atom. The number of carbonyl (C=O) groups is 2. The number of nitrogens with one attached hydrogen (secondary N) is 1. The first-order valence-corrected chi connectivity index (χ1v) is 10.2. The van der Waals surface area contributed by atoms with Gasteiger partial charge in [-0.1, -0.05) is 32.0 Å². The minimum absolute atomic E-state index is 0.251. The first-order valence-electron chi connectivity index (χ1n) is 10.2. The second kappa shape index (κ2) is 9.76. The molecule has 3 rings (SSSR count). The molecule has 1 saturated heterocycles. The van der Waals surface area contributed by atoms with Gasteiger partial charge in [-0.2, -0.15) is 0 Å². The number of amides is 2. The van der Waals surface area contributed by atoms with Crippen LogP contribution in [0.1, 0.15) is 24.2 Å². The van der Waals surface area contributed by atoms with E-state index >= 15 is 0 Å². The van der Waals surface area contributed by atoms with Gasteiger partial charge in [-0.25, -0.2) is 8.78 Å². The molecule has 0 aliphatic carbocycles. The van der Waals surface area contributed by atoms with E-state index in [0.29, 0.717) is 26.2 Å². The van der Waals surface area contributed by atoms with Gasteiger partial charge in [0.05, 0.1) is 12.8 Å². The van der Waals surface area contributed by atoms with Gasteiger partial charge in [-0.05, 0) is 30.2 Å². The standard InChI is InChI=1S/C23H27F2N3O3/c1-15(2)21(26-22(29)20-16(24)7-6-8-17(20)25)23(30)28-13-11-27(12-14-28)18-9-4-5-10-19(18)31-3/h4-10,15,21H,11-14H2,1-3H3,(H,26,29)/t21-/m0/s1. The lowest BCUT2D eigenvalue weighted by Gasteiger charge is -2.38. The van der Waals surface area contributed by atoms with Crippen molar-refractivity contribution in [3.8, 4) is 5.75 Å². The lowest BCUT2D eigenvalue weighted by Crippen LogP contribution is -2.56. The van der Waals surface area contributed by atoms with Gasteiger partial charge in [0.2, 0.25) is 5.91 Å². The zero-order valence-corrected chi connectivity index (χ0v) is 17.9. The van der Waals surface area contributed by atoms with Crippen LogP contribution >= 0.6 is 0 Å². The van der Waals surface area contributed by atoms with Crippen LogP contribution in [0.2, 0.25) is 0 Å². The molecule has 166 valence electrons. The number of hydrogen-bond donors (Lipinski definition) is 1. The lowest BCUT2D eigenvalue weighted by atomic mass is 10.0. The van der Waals surface area contributed by atoms with Gasteiger partial charge in [0.15, 0.2) is 0 Å². The maximum atomic E-state index is 14.0. The Labute approximate surface area is 180 Å². The summed E-state index contributed by atoms with van der Waals surface area (Å²) in [7, 11) is 1.62. The zero-order valence-electron chi connectivity index (χ0n) is 17.9. The predicted molar refractivity (Wildman–Crippen MR) is 114 cm³/mol. The van der Waals surface area contributed by atoms with Crippen molar-refractivity contribution in [2.45, 2.75) is 19.9 Å². The Morgan fingerprint density at radius 3 is 2.16 bits per heavy atom. The van der Waals surface area contributed by atoms with Gasteiger partial charge in [0.25, 0.3) is 5.91 Å². The first kappa shape index (κ1) is 22.5. The molecule has 2 aromatic rings. The number of piperazine rings is 1. The van der Waals surface area contributed by atoms with E-state index in [2.05, 4.69) is 10.2 Å². The van der Waals surface area contributed by atoms with E-state index < -0.39 is 29.1 Å². The number of anilines is 1.